The topological polar surface area (TPSA) is 88.3 Å². The van der Waals surface area contributed by atoms with Gasteiger partial charge in [0.05, 0.1) is 6.54 Å². The molecule has 2 heterocycles. The van der Waals surface area contributed by atoms with Crippen molar-refractivity contribution in [1.29, 1.82) is 0 Å². The second-order valence-electron chi connectivity index (χ2n) is 5.39. The molecule has 1 fully saturated rings. The first kappa shape index (κ1) is 15.2. The van der Waals surface area contributed by atoms with E-state index in [4.69, 9.17) is 4.42 Å². The molecule has 0 unspecified atom stereocenters. The van der Waals surface area contributed by atoms with Crippen molar-refractivity contribution in [3.8, 4) is 11.5 Å². The molecule has 0 atom stereocenters. The molecule has 1 aliphatic heterocycles. The van der Waals surface area contributed by atoms with Crippen LogP contribution in [0.15, 0.2) is 34.7 Å². The first-order valence-electron chi connectivity index (χ1n) is 7.64. The van der Waals surface area contributed by atoms with Gasteiger partial charge in [-0.1, -0.05) is 18.2 Å². The van der Waals surface area contributed by atoms with Crippen LogP contribution in [0.25, 0.3) is 11.5 Å². The van der Waals surface area contributed by atoms with Gasteiger partial charge in [0.25, 0.3) is 0 Å². The molecule has 23 heavy (non-hydrogen) atoms. The van der Waals surface area contributed by atoms with Gasteiger partial charge in [-0.2, -0.15) is 0 Å². The Kier molecular flexibility index (Phi) is 4.65. The van der Waals surface area contributed by atoms with Gasteiger partial charge in [-0.15, -0.1) is 10.2 Å². The third-order valence-electron chi connectivity index (χ3n) is 3.66. The summed E-state index contributed by atoms with van der Waals surface area (Å²) in [5.74, 6) is 0.893. The molecule has 120 valence electrons. The van der Waals surface area contributed by atoms with E-state index in [1.54, 1.807) is 4.90 Å². The van der Waals surface area contributed by atoms with E-state index in [1.165, 1.54) is 0 Å². The summed E-state index contributed by atoms with van der Waals surface area (Å²) in [6, 6.07) is 9.55. The van der Waals surface area contributed by atoms with Gasteiger partial charge in [0, 0.05) is 31.5 Å². The van der Waals surface area contributed by atoms with Crippen molar-refractivity contribution < 1.29 is 14.0 Å². The SMILES string of the molecule is O=C1CN(C(=O)CCCc2nnc(-c3ccccc3)o2)CCN1. The zero-order chi connectivity index (χ0) is 16.1. The van der Waals surface area contributed by atoms with Crippen molar-refractivity contribution >= 4 is 11.8 Å². The summed E-state index contributed by atoms with van der Waals surface area (Å²) in [7, 11) is 0. The first-order chi connectivity index (χ1) is 11.2. The maximum atomic E-state index is 12.0. The molecule has 7 heteroatoms. The monoisotopic (exact) mass is 314 g/mol. The van der Waals surface area contributed by atoms with Crippen molar-refractivity contribution in [2.24, 2.45) is 0 Å². The maximum absolute atomic E-state index is 12.0. The zero-order valence-electron chi connectivity index (χ0n) is 12.7. The highest BCUT2D eigenvalue weighted by molar-refractivity contribution is 5.85. The average molecular weight is 314 g/mol. The molecule has 0 aliphatic carbocycles. The van der Waals surface area contributed by atoms with Crippen molar-refractivity contribution in [2.45, 2.75) is 19.3 Å². The summed E-state index contributed by atoms with van der Waals surface area (Å²) in [4.78, 5) is 24.9. The summed E-state index contributed by atoms with van der Waals surface area (Å²) < 4.78 is 5.60. The molecule has 1 aromatic heterocycles. The molecular weight excluding hydrogens is 296 g/mol. The van der Waals surface area contributed by atoms with Gasteiger partial charge < -0.3 is 14.6 Å². The van der Waals surface area contributed by atoms with E-state index in [2.05, 4.69) is 15.5 Å². The number of nitrogens with zero attached hydrogens (tertiary/aromatic N) is 3. The third kappa shape index (κ3) is 3.94. The van der Waals surface area contributed by atoms with E-state index in [1.807, 2.05) is 30.3 Å². The fraction of sp³-hybridized carbons (Fsp3) is 0.375. The molecule has 7 nitrogen and oxygen atoms in total. The Labute approximate surface area is 133 Å². The highest BCUT2D eigenvalue weighted by Gasteiger charge is 2.20. The maximum Gasteiger partial charge on any atom is 0.247 e. The molecule has 1 aromatic carbocycles. The molecule has 0 bridgehead atoms. The van der Waals surface area contributed by atoms with E-state index in [9.17, 15) is 9.59 Å². The number of amides is 2. The summed E-state index contributed by atoms with van der Waals surface area (Å²) in [6.45, 7) is 1.25. The van der Waals surface area contributed by atoms with Crippen LogP contribution in [0.5, 0.6) is 0 Å². The van der Waals surface area contributed by atoms with E-state index in [0.29, 0.717) is 44.1 Å². The van der Waals surface area contributed by atoms with Gasteiger partial charge in [0.15, 0.2) is 0 Å². The smallest absolute Gasteiger partial charge is 0.247 e. The Morgan fingerprint density at radius 2 is 2.09 bits per heavy atom. The quantitative estimate of drug-likeness (QED) is 0.890. The largest absolute Gasteiger partial charge is 0.421 e. The average Bonchev–Trinajstić information content (AvgIpc) is 3.04. The van der Waals surface area contributed by atoms with Crippen LogP contribution in [0.3, 0.4) is 0 Å². The summed E-state index contributed by atoms with van der Waals surface area (Å²) in [6.07, 6.45) is 1.54. The number of hydrogen-bond donors (Lipinski definition) is 1. The molecule has 0 saturated carbocycles. The molecule has 1 aliphatic rings. The number of hydrogen-bond acceptors (Lipinski definition) is 5. The lowest BCUT2D eigenvalue weighted by Crippen LogP contribution is -2.49. The molecule has 1 saturated heterocycles. The number of rotatable bonds is 5. The van der Waals surface area contributed by atoms with Gasteiger partial charge in [-0.25, -0.2) is 0 Å². The fourth-order valence-corrected chi connectivity index (χ4v) is 2.45. The van der Waals surface area contributed by atoms with Gasteiger partial charge in [0.1, 0.15) is 0 Å². The second kappa shape index (κ2) is 7.04. The zero-order valence-corrected chi connectivity index (χ0v) is 12.7. The molecule has 0 spiro atoms. The summed E-state index contributed by atoms with van der Waals surface area (Å²) >= 11 is 0. The van der Waals surface area contributed by atoms with Gasteiger partial charge in [-0.3, -0.25) is 9.59 Å². The third-order valence-corrected chi connectivity index (χ3v) is 3.66. The lowest BCUT2D eigenvalue weighted by molar-refractivity contribution is -0.138. The van der Waals surface area contributed by atoms with Crippen molar-refractivity contribution in [2.75, 3.05) is 19.6 Å². The molecule has 2 aromatic rings. The number of carbonyl (C=O) groups is 2. The molecule has 0 radical (unpaired) electrons. The van der Waals surface area contributed by atoms with Crippen molar-refractivity contribution in [3.63, 3.8) is 0 Å². The van der Waals surface area contributed by atoms with Gasteiger partial charge >= 0.3 is 0 Å². The minimum Gasteiger partial charge on any atom is -0.421 e. The van der Waals surface area contributed by atoms with Crippen LogP contribution < -0.4 is 5.32 Å². The van der Waals surface area contributed by atoms with Crippen LogP contribution in [-0.4, -0.2) is 46.5 Å². The van der Waals surface area contributed by atoms with E-state index < -0.39 is 0 Å². The Balaban J connectivity index is 1.48. The highest BCUT2D eigenvalue weighted by Crippen LogP contribution is 2.17. The normalized spacial score (nSPS) is 14.6. The number of benzene rings is 1. The Morgan fingerprint density at radius 3 is 2.87 bits per heavy atom. The number of aryl methyl sites for hydroxylation is 1. The van der Waals surface area contributed by atoms with Crippen LogP contribution in [0.2, 0.25) is 0 Å². The molecule has 1 N–H and O–H groups in total. The Morgan fingerprint density at radius 1 is 1.26 bits per heavy atom. The Bertz CT molecular complexity index is 684. The van der Waals surface area contributed by atoms with Crippen LogP contribution >= 0.6 is 0 Å². The van der Waals surface area contributed by atoms with Crippen LogP contribution in [-0.2, 0) is 16.0 Å². The lowest BCUT2D eigenvalue weighted by atomic mass is 10.2. The second-order valence-corrected chi connectivity index (χ2v) is 5.39. The van der Waals surface area contributed by atoms with Crippen LogP contribution in [0, 0.1) is 0 Å². The predicted octanol–water partition coefficient (Wildman–Crippen LogP) is 1.02. The van der Waals surface area contributed by atoms with Gasteiger partial charge in [0.2, 0.25) is 23.6 Å². The van der Waals surface area contributed by atoms with Crippen LogP contribution in [0.4, 0.5) is 0 Å². The number of carbonyl (C=O) groups excluding carboxylic acids is 2. The fourth-order valence-electron chi connectivity index (χ4n) is 2.45. The number of nitrogens with one attached hydrogen (secondary N) is 1. The minimum absolute atomic E-state index is 0.0114. The number of piperazine rings is 1. The predicted molar refractivity (Wildman–Crippen MR) is 82.3 cm³/mol. The highest BCUT2D eigenvalue weighted by atomic mass is 16.4. The summed E-state index contributed by atoms with van der Waals surface area (Å²) in [5, 5.41) is 10.7. The summed E-state index contributed by atoms with van der Waals surface area (Å²) in [5.41, 5.74) is 0.877. The minimum atomic E-state index is -0.103. The first-order valence-corrected chi connectivity index (χ1v) is 7.64. The molecule has 3 rings (SSSR count). The van der Waals surface area contributed by atoms with E-state index in [-0.39, 0.29) is 18.4 Å². The Hall–Kier alpha value is -2.70. The van der Waals surface area contributed by atoms with Gasteiger partial charge in [-0.05, 0) is 18.6 Å². The van der Waals surface area contributed by atoms with E-state index in [0.717, 1.165) is 5.56 Å². The van der Waals surface area contributed by atoms with E-state index >= 15 is 0 Å². The van der Waals surface area contributed by atoms with Crippen LogP contribution in [0.1, 0.15) is 18.7 Å². The number of aromatic nitrogens is 2. The lowest BCUT2D eigenvalue weighted by Gasteiger charge is -2.26. The molecular formula is C16H18N4O3. The van der Waals surface area contributed by atoms with Crippen molar-refractivity contribution in [1.82, 2.24) is 20.4 Å². The van der Waals surface area contributed by atoms with Crippen molar-refractivity contribution in [3.05, 3.63) is 36.2 Å². The standard InChI is InChI=1S/C16H18N4O3/c21-13-11-20(10-9-17-13)15(22)8-4-7-14-18-19-16(23-14)12-5-2-1-3-6-12/h1-3,5-6H,4,7-11H2,(H,17,21). The molecule has 2 amide bonds.